The summed E-state index contributed by atoms with van der Waals surface area (Å²) in [6, 6.07) is 10.8. The van der Waals surface area contributed by atoms with Crippen LogP contribution in [0.15, 0.2) is 59.5 Å². The second-order valence-corrected chi connectivity index (χ2v) is 11.6. The van der Waals surface area contributed by atoms with Gasteiger partial charge < -0.3 is 9.47 Å². The van der Waals surface area contributed by atoms with Crippen molar-refractivity contribution in [3.8, 4) is 11.5 Å². The molecule has 0 atom stereocenters. The smallest absolute Gasteiger partial charge is 0.417 e. The van der Waals surface area contributed by atoms with Gasteiger partial charge in [-0.3, -0.25) is 4.55 Å². The van der Waals surface area contributed by atoms with E-state index in [-0.39, 0.29) is 18.6 Å². The monoisotopic (exact) mass is 844 g/mol. The van der Waals surface area contributed by atoms with E-state index in [1.165, 1.54) is 12.1 Å². The average Bonchev–Trinajstić information content (AvgIpc) is 2.72. The van der Waals surface area contributed by atoms with E-state index < -0.39 is 49.8 Å². The Morgan fingerprint density at radius 1 is 0.829 bits per heavy atom. The number of hydrogen-bond donors (Lipinski definition) is 1. The van der Waals surface area contributed by atoms with Crippen molar-refractivity contribution in [2.45, 2.75) is 11.1 Å². The van der Waals surface area contributed by atoms with E-state index in [1.807, 2.05) is 22.6 Å². The average molecular weight is 844 g/mol. The molecule has 14 heteroatoms. The molecule has 1 N–H and O–H groups in total. The van der Waals surface area contributed by atoms with Gasteiger partial charge in [-0.1, -0.05) is 6.07 Å². The zero-order valence-corrected chi connectivity index (χ0v) is 24.1. The molecule has 3 aromatic carbocycles. The molecule has 3 rings (SSSR count). The summed E-state index contributed by atoms with van der Waals surface area (Å²) < 4.78 is 84.5. The van der Waals surface area contributed by atoms with Crippen molar-refractivity contribution in [1.29, 1.82) is 0 Å². The summed E-state index contributed by atoms with van der Waals surface area (Å²) in [6.45, 7) is 0. The van der Waals surface area contributed by atoms with Crippen molar-refractivity contribution in [1.82, 2.24) is 0 Å². The van der Waals surface area contributed by atoms with Crippen molar-refractivity contribution in [2.24, 2.45) is 0 Å². The second-order valence-electron chi connectivity index (χ2n) is 6.65. The third kappa shape index (κ3) is 6.83. The molecule has 0 spiro atoms. The van der Waals surface area contributed by atoms with Crippen LogP contribution in [-0.4, -0.2) is 24.9 Å². The lowest BCUT2D eigenvalue weighted by Crippen LogP contribution is -2.23. The zero-order chi connectivity index (χ0) is 26.1. The molecule has 0 aliphatic rings. The third-order valence-electron chi connectivity index (χ3n) is 4.26. The summed E-state index contributed by atoms with van der Waals surface area (Å²) in [7, 11) is -4.60. The van der Waals surface area contributed by atoms with Gasteiger partial charge in [0, 0.05) is 10.7 Å². The Kier molecular flexibility index (Phi) is 8.70. The van der Waals surface area contributed by atoms with Crippen molar-refractivity contribution in [3.05, 3.63) is 82.0 Å². The van der Waals surface area contributed by atoms with Crippen LogP contribution in [0.4, 0.5) is 13.2 Å². The molecule has 0 saturated heterocycles. The second kappa shape index (κ2) is 10.9. The Morgan fingerprint density at radius 3 is 1.89 bits per heavy atom. The van der Waals surface area contributed by atoms with E-state index in [2.05, 4.69) is 0 Å². The maximum Gasteiger partial charge on any atom is 0.417 e. The van der Waals surface area contributed by atoms with Gasteiger partial charge in [0.15, 0.2) is 0 Å². The molecular weight excluding hydrogens is 834 g/mol. The molecule has 0 aliphatic heterocycles. The lowest BCUT2D eigenvalue weighted by molar-refractivity contribution is -0.138. The number of esters is 2. The van der Waals surface area contributed by atoms with Gasteiger partial charge in [-0.2, -0.15) is 21.6 Å². The highest BCUT2D eigenvalue weighted by Crippen LogP contribution is 2.35. The lowest BCUT2D eigenvalue weighted by Gasteiger charge is -2.16. The number of carbonyl (C=O) groups excluding carboxylic acids is 2. The van der Waals surface area contributed by atoms with Crippen LogP contribution in [0.25, 0.3) is 0 Å². The first-order chi connectivity index (χ1) is 16.2. The highest BCUT2D eigenvalue weighted by molar-refractivity contribution is 14.1. The molecule has 0 heterocycles. The number of ether oxygens (including phenoxy) is 2. The Balaban J connectivity index is 2.05. The maximum atomic E-state index is 13.7. The molecule has 0 bridgehead atoms. The first-order valence-corrected chi connectivity index (χ1v) is 13.7. The minimum Gasteiger partial charge on any atom is -0.423 e. The quantitative estimate of drug-likeness (QED) is 0.141. The standard InChI is InChI=1S/C21H10F3I3O7S/c22-21(23,24)14-3-1-2-13(19(28)33-11-6-4-10(25)5-7-11)17(14)20(29)34-12-8-15(26)18(16(27)9-12)35(30,31)32/h1-9H,(H,30,31,32). The summed E-state index contributed by atoms with van der Waals surface area (Å²) in [5.41, 5.74) is -3.17. The van der Waals surface area contributed by atoms with Gasteiger partial charge >= 0.3 is 18.1 Å². The van der Waals surface area contributed by atoms with Gasteiger partial charge in [0.1, 0.15) is 16.4 Å². The molecular formula is C21H10F3I3O7S. The third-order valence-corrected chi connectivity index (χ3v) is 8.37. The normalized spacial score (nSPS) is 11.7. The number of alkyl halides is 3. The molecule has 0 amide bonds. The van der Waals surface area contributed by atoms with Crippen LogP contribution in [0, 0.1) is 10.7 Å². The zero-order valence-electron chi connectivity index (χ0n) is 16.8. The largest absolute Gasteiger partial charge is 0.423 e. The fourth-order valence-electron chi connectivity index (χ4n) is 2.84. The van der Waals surface area contributed by atoms with Crippen LogP contribution in [0.2, 0.25) is 0 Å². The molecule has 0 aromatic heterocycles. The number of hydrogen-bond acceptors (Lipinski definition) is 6. The first kappa shape index (κ1) is 28.1. The summed E-state index contributed by atoms with van der Waals surface area (Å²) in [5.74, 6) is -2.98. The molecule has 0 saturated carbocycles. The highest BCUT2D eigenvalue weighted by Gasteiger charge is 2.39. The Hall–Kier alpha value is -1.51. The molecule has 0 aliphatic carbocycles. The fraction of sp³-hybridized carbons (Fsp3) is 0.0476. The van der Waals surface area contributed by atoms with Crippen molar-refractivity contribution in [3.63, 3.8) is 0 Å². The van der Waals surface area contributed by atoms with Crippen molar-refractivity contribution < 1.29 is 45.2 Å². The van der Waals surface area contributed by atoms with Gasteiger partial charge in [0.05, 0.1) is 16.7 Å². The Labute approximate surface area is 237 Å². The Bertz CT molecular complexity index is 1400. The van der Waals surface area contributed by atoms with E-state index in [4.69, 9.17) is 9.47 Å². The Morgan fingerprint density at radius 2 is 1.37 bits per heavy atom. The van der Waals surface area contributed by atoms with Gasteiger partial charge in [-0.25, -0.2) is 9.59 Å². The topological polar surface area (TPSA) is 107 Å². The van der Waals surface area contributed by atoms with Crippen molar-refractivity contribution >= 4 is 89.8 Å². The van der Waals surface area contributed by atoms with Gasteiger partial charge in [0.2, 0.25) is 0 Å². The predicted octanol–water partition coefficient (Wildman–Crippen LogP) is 6.20. The number of benzene rings is 3. The first-order valence-electron chi connectivity index (χ1n) is 9.05. The minimum atomic E-state index is -5.01. The molecule has 0 unspecified atom stereocenters. The summed E-state index contributed by atoms with van der Waals surface area (Å²) in [4.78, 5) is 25.2. The van der Waals surface area contributed by atoms with E-state index >= 15 is 0 Å². The van der Waals surface area contributed by atoms with E-state index in [9.17, 15) is 35.7 Å². The fourth-order valence-corrected chi connectivity index (χ4v) is 7.19. The van der Waals surface area contributed by atoms with Crippen molar-refractivity contribution in [2.75, 3.05) is 0 Å². The van der Waals surface area contributed by atoms with Gasteiger partial charge in [-0.15, -0.1) is 0 Å². The van der Waals surface area contributed by atoms with E-state index in [0.717, 1.165) is 27.8 Å². The van der Waals surface area contributed by atoms with E-state index in [1.54, 1.807) is 57.3 Å². The predicted molar refractivity (Wildman–Crippen MR) is 142 cm³/mol. The van der Waals surface area contributed by atoms with Crippen LogP contribution >= 0.6 is 67.8 Å². The summed E-state index contributed by atoms with van der Waals surface area (Å²) >= 11 is 5.13. The van der Waals surface area contributed by atoms with Crippen LogP contribution in [0.3, 0.4) is 0 Å². The molecule has 35 heavy (non-hydrogen) atoms. The minimum absolute atomic E-state index is 0.0396. The summed E-state index contributed by atoms with van der Waals surface area (Å²) in [5, 5.41) is 0. The molecule has 0 fully saturated rings. The molecule has 7 nitrogen and oxygen atoms in total. The summed E-state index contributed by atoms with van der Waals surface area (Å²) in [6.07, 6.45) is -5.01. The molecule has 0 radical (unpaired) electrons. The SMILES string of the molecule is O=C(Oc1ccc(I)cc1)c1cccc(C(F)(F)F)c1C(=O)Oc1cc(I)c(S(=O)(=O)O)c(I)c1. The lowest BCUT2D eigenvalue weighted by atomic mass is 10.0. The highest BCUT2D eigenvalue weighted by atomic mass is 127. The number of halogens is 6. The van der Waals surface area contributed by atoms with Crippen LogP contribution < -0.4 is 9.47 Å². The van der Waals surface area contributed by atoms with Crippen LogP contribution in [0.5, 0.6) is 11.5 Å². The molecule has 3 aromatic rings. The van der Waals surface area contributed by atoms with Gasteiger partial charge in [0.25, 0.3) is 10.1 Å². The van der Waals surface area contributed by atoms with Crippen LogP contribution in [-0.2, 0) is 16.3 Å². The van der Waals surface area contributed by atoms with Crippen LogP contribution in [0.1, 0.15) is 26.3 Å². The number of carbonyl (C=O) groups is 2. The molecule has 184 valence electrons. The van der Waals surface area contributed by atoms with Gasteiger partial charge in [-0.05, 0) is 116 Å². The number of rotatable bonds is 5. The van der Waals surface area contributed by atoms with E-state index in [0.29, 0.717) is 6.07 Å². The maximum absolute atomic E-state index is 13.7.